The molecule has 0 bridgehead atoms. The number of carboxylic acid groups (broad SMARTS) is 1. The van der Waals surface area contributed by atoms with Crippen molar-refractivity contribution in [3.05, 3.63) is 23.9 Å². The van der Waals surface area contributed by atoms with E-state index in [2.05, 4.69) is 10.3 Å². The summed E-state index contributed by atoms with van der Waals surface area (Å²) < 4.78 is 0. The van der Waals surface area contributed by atoms with E-state index < -0.39 is 5.97 Å². The van der Waals surface area contributed by atoms with E-state index >= 15 is 0 Å². The average molecular weight is 222 g/mol. The number of aromatic amines is 1. The molecule has 0 aromatic carbocycles. The first-order valence-electron chi connectivity index (χ1n) is 5.60. The van der Waals surface area contributed by atoms with Crippen molar-refractivity contribution < 1.29 is 14.9 Å². The van der Waals surface area contributed by atoms with Crippen molar-refractivity contribution in [2.24, 2.45) is 0 Å². The molecule has 0 aliphatic heterocycles. The lowest BCUT2D eigenvalue weighted by Crippen LogP contribution is -2.21. The minimum Gasteiger partial charge on any atom is -0.550 e. The van der Waals surface area contributed by atoms with Gasteiger partial charge in [-0.15, -0.1) is 0 Å². The summed E-state index contributed by atoms with van der Waals surface area (Å²) in [6.07, 6.45) is 4.68. The van der Waals surface area contributed by atoms with Gasteiger partial charge >= 0.3 is 0 Å². The second-order valence-electron chi connectivity index (χ2n) is 3.89. The third-order valence-electron chi connectivity index (χ3n) is 2.34. The Morgan fingerprint density at radius 2 is 2.19 bits per heavy atom. The number of carbonyl (C=O) groups excluding carboxylic acids is 1. The van der Waals surface area contributed by atoms with E-state index in [1.807, 2.05) is 25.3 Å². The van der Waals surface area contributed by atoms with Crippen LogP contribution in [0.1, 0.15) is 31.2 Å². The highest BCUT2D eigenvalue weighted by Gasteiger charge is 1.99. The van der Waals surface area contributed by atoms with Gasteiger partial charge in [0, 0.05) is 12.0 Å². The van der Waals surface area contributed by atoms with Crippen LogP contribution in [0.4, 0.5) is 5.82 Å². The summed E-state index contributed by atoms with van der Waals surface area (Å²) in [6, 6.07) is 4.03. The number of rotatable bonds is 7. The third-order valence-corrected chi connectivity index (χ3v) is 2.34. The number of anilines is 1. The molecule has 1 aromatic rings. The Kier molecular flexibility index (Phi) is 5.32. The van der Waals surface area contributed by atoms with Crippen LogP contribution in [0.3, 0.4) is 0 Å². The van der Waals surface area contributed by atoms with E-state index in [4.69, 9.17) is 0 Å². The standard InChI is InChI=1S/C12H18N2O2/c1-10-6-7-11(14-9-10)13-8-4-2-3-5-12(15)16/h6-7,9H,2-5,8H2,1H3,(H,13,14)(H,15,16). The van der Waals surface area contributed by atoms with Gasteiger partial charge in [0.25, 0.3) is 5.82 Å². The highest BCUT2D eigenvalue weighted by molar-refractivity contribution is 5.64. The lowest BCUT2D eigenvalue weighted by atomic mass is 10.2. The molecule has 1 rings (SSSR count). The zero-order chi connectivity index (χ0) is 11.8. The highest BCUT2D eigenvalue weighted by atomic mass is 16.4. The molecule has 0 spiro atoms. The molecule has 0 radical (unpaired) electrons. The van der Waals surface area contributed by atoms with Crippen LogP contribution in [-0.2, 0) is 4.79 Å². The smallest absolute Gasteiger partial charge is 0.272 e. The molecule has 1 heterocycles. The first-order chi connectivity index (χ1) is 7.68. The largest absolute Gasteiger partial charge is 0.550 e. The molecule has 0 aliphatic carbocycles. The summed E-state index contributed by atoms with van der Waals surface area (Å²) in [7, 11) is 0. The number of hydrogen-bond acceptors (Lipinski definition) is 3. The first-order valence-corrected chi connectivity index (χ1v) is 5.60. The Bertz CT molecular complexity index is 322. The normalized spacial score (nSPS) is 10.1. The van der Waals surface area contributed by atoms with Crippen LogP contribution in [0.25, 0.3) is 0 Å². The summed E-state index contributed by atoms with van der Waals surface area (Å²) in [5.41, 5.74) is 1.19. The van der Waals surface area contributed by atoms with Crippen molar-refractivity contribution in [2.45, 2.75) is 32.6 Å². The SMILES string of the molecule is Cc1ccc(NCCCCCC(=O)[O-])[nH+]c1. The number of carboxylic acids is 1. The fourth-order valence-electron chi connectivity index (χ4n) is 1.41. The quantitative estimate of drug-likeness (QED) is 0.684. The molecule has 0 fully saturated rings. The molecule has 16 heavy (non-hydrogen) atoms. The summed E-state index contributed by atoms with van der Waals surface area (Å²) in [5.74, 6) is 0.0327. The van der Waals surface area contributed by atoms with Gasteiger partial charge in [0.15, 0.2) is 0 Å². The van der Waals surface area contributed by atoms with Gasteiger partial charge in [-0.2, -0.15) is 0 Å². The number of H-pyrrole nitrogens is 1. The molecule has 4 heteroatoms. The van der Waals surface area contributed by atoms with Crippen molar-refractivity contribution in [1.29, 1.82) is 0 Å². The Morgan fingerprint density at radius 3 is 2.81 bits per heavy atom. The van der Waals surface area contributed by atoms with Crippen LogP contribution >= 0.6 is 0 Å². The molecule has 0 atom stereocenters. The molecule has 0 unspecified atom stereocenters. The number of aryl methyl sites for hydroxylation is 1. The van der Waals surface area contributed by atoms with Gasteiger partial charge in [0.2, 0.25) is 0 Å². The van der Waals surface area contributed by atoms with Crippen molar-refractivity contribution in [3.8, 4) is 0 Å². The van der Waals surface area contributed by atoms with Gasteiger partial charge in [0.1, 0.15) is 0 Å². The van der Waals surface area contributed by atoms with Gasteiger partial charge in [-0.1, -0.05) is 0 Å². The summed E-state index contributed by atoms with van der Waals surface area (Å²) in [5, 5.41) is 13.4. The monoisotopic (exact) mass is 222 g/mol. The molecule has 2 N–H and O–H groups in total. The lowest BCUT2D eigenvalue weighted by molar-refractivity contribution is -0.361. The van der Waals surface area contributed by atoms with E-state index in [-0.39, 0.29) is 6.42 Å². The molecule has 4 nitrogen and oxygen atoms in total. The van der Waals surface area contributed by atoms with E-state index in [1.54, 1.807) is 0 Å². The lowest BCUT2D eigenvalue weighted by Gasteiger charge is -2.01. The van der Waals surface area contributed by atoms with Gasteiger partial charge in [-0.25, -0.2) is 4.98 Å². The molecular weight excluding hydrogens is 204 g/mol. The van der Waals surface area contributed by atoms with Gasteiger partial charge < -0.3 is 9.90 Å². The van der Waals surface area contributed by atoms with E-state index in [0.29, 0.717) is 6.42 Å². The molecule has 1 aromatic heterocycles. The predicted octanol–water partition coefficient (Wildman–Crippen LogP) is 0.531. The van der Waals surface area contributed by atoms with E-state index in [1.165, 1.54) is 5.56 Å². The zero-order valence-corrected chi connectivity index (χ0v) is 9.58. The molecule has 0 amide bonds. The van der Waals surface area contributed by atoms with Crippen LogP contribution in [0.5, 0.6) is 0 Å². The van der Waals surface area contributed by atoms with E-state index in [0.717, 1.165) is 25.2 Å². The van der Waals surface area contributed by atoms with Gasteiger partial charge in [-0.05, 0) is 44.2 Å². The maximum atomic E-state index is 10.2. The Morgan fingerprint density at radius 1 is 1.38 bits per heavy atom. The first kappa shape index (κ1) is 12.5. The summed E-state index contributed by atoms with van der Waals surface area (Å²) in [6.45, 7) is 2.88. The van der Waals surface area contributed by atoms with Crippen LogP contribution in [-0.4, -0.2) is 12.5 Å². The molecular formula is C12H18N2O2. The number of aliphatic carboxylic acids is 1. The second-order valence-corrected chi connectivity index (χ2v) is 3.89. The number of hydrogen-bond donors (Lipinski definition) is 1. The Hall–Kier alpha value is -1.58. The van der Waals surface area contributed by atoms with Gasteiger partial charge in [-0.3, -0.25) is 5.32 Å². The topological polar surface area (TPSA) is 66.3 Å². The van der Waals surface area contributed by atoms with Crippen molar-refractivity contribution in [1.82, 2.24) is 0 Å². The third kappa shape index (κ3) is 5.34. The second kappa shape index (κ2) is 6.82. The molecule has 0 aliphatic rings. The fourth-order valence-corrected chi connectivity index (χ4v) is 1.41. The van der Waals surface area contributed by atoms with Crippen LogP contribution in [0, 0.1) is 6.92 Å². The van der Waals surface area contributed by atoms with Crippen molar-refractivity contribution in [3.63, 3.8) is 0 Å². The van der Waals surface area contributed by atoms with Crippen LogP contribution in [0.2, 0.25) is 0 Å². The molecule has 88 valence electrons. The fraction of sp³-hybridized carbons (Fsp3) is 0.500. The predicted molar refractivity (Wildman–Crippen MR) is 59.7 cm³/mol. The maximum absolute atomic E-state index is 10.2. The van der Waals surface area contributed by atoms with Crippen LogP contribution < -0.4 is 15.4 Å². The Labute approximate surface area is 95.7 Å². The highest BCUT2D eigenvalue weighted by Crippen LogP contribution is 2.02. The zero-order valence-electron chi connectivity index (χ0n) is 9.58. The van der Waals surface area contributed by atoms with E-state index in [9.17, 15) is 9.90 Å². The maximum Gasteiger partial charge on any atom is 0.272 e. The number of pyridine rings is 1. The summed E-state index contributed by atoms with van der Waals surface area (Å²) in [4.78, 5) is 13.3. The number of unbranched alkanes of at least 4 members (excludes halogenated alkanes) is 2. The van der Waals surface area contributed by atoms with Crippen molar-refractivity contribution in [2.75, 3.05) is 11.9 Å². The minimum atomic E-state index is -0.958. The van der Waals surface area contributed by atoms with Crippen molar-refractivity contribution >= 4 is 11.8 Å². The number of nitrogens with one attached hydrogen (secondary N) is 2. The summed E-state index contributed by atoms with van der Waals surface area (Å²) >= 11 is 0. The minimum absolute atomic E-state index is 0.163. The molecule has 0 saturated carbocycles. The number of carbonyl (C=O) groups is 1. The van der Waals surface area contributed by atoms with Crippen LogP contribution in [0.15, 0.2) is 18.3 Å². The average Bonchev–Trinajstić information content (AvgIpc) is 2.25. The molecule has 0 saturated heterocycles. The van der Waals surface area contributed by atoms with Gasteiger partial charge in [0.05, 0.1) is 12.7 Å². The number of aromatic nitrogens is 1. The Balaban J connectivity index is 2.07.